The van der Waals surface area contributed by atoms with Gasteiger partial charge >= 0.3 is 5.97 Å². The second kappa shape index (κ2) is 6.73. The molecule has 0 saturated heterocycles. The molecule has 0 aliphatic carbocycles. The minimum atomic E-state index is -1.12. The first-order valence-electron chi connectivity index (χ1n) is 4.89. The smallest absolute Gasteiger partial charge is 0.331 e. The minimum Gasteiger partial charge on any atom is -0.464 e. The molecule has 1 amide bonds. The van der Waals surface area contributed by atoms with Crippen LogP contribution in [0.4, 0.5) is 0 Å². The highest BCUT2D eigenvalue weighted by atomic mass is 79.9. The van der Waals surface area contributed by atoms with Crippen LogP contribution in [-0.4, -0.2) is 30.1 Å². The van der Waals surface area contributed by atoms with Gasteiger partial charge in [-0.3, -0.25) is 4.79 Å². The van der Waals surface area contributed by atoms with Gasteiger partial charge in [-0.2, -0.15) is 0 Å². The fourth-order valence-electron chi connectivity index (χ4n) is 1.24. The zero-order valence-electron chi connectivity index (χ0n) is 9.05. The van der Waals surface area contributed by atoms with E-state index in [-0.39, 0.29) is 6.61 Å². The van der Waals surface area contributed by atoms with Crippen molar-refractivity contribution in [3.05, 3.63) is 20.8 Å². The van der Waals surface area contributed by atoms with Crippen molar-refractivity contribution in [2.75, 3.05) is 6.61 Å². The Morgan fingerprint density at radius 1 is 1.71 bits per heavy atom. The number of amides is 1. The summed E-state index contributed by atoms with van der Waals surface area (Å²) in [5, 5.41) is 12.3. The summed E-state index contributed by atoms with van der Waals surface area (Å²) in [6.07, 6.45) is -0.747. The Balaban J connectivity index is 2.82. The summed E-state index contributed by atoms with van der Waals surface area (Å²) in [7, 11) is 0. The lowest BCUT2D eigenvalue weighted by molar-refractivity contribution is -0.149. The molecule has 0 aliphatic heterocycles. The Labute approximate surface area is 111 Å². The van der Waals surface area contributed by atoms with E-state index in [9.17, 15) is 14.7 Å². The zero-order chi connectivity index (χ0) is 12.8. The number of aliphatic hydroxyl groups excluding tert-OH is 1. The predicted molar refractivity (Wildman–Crippen MR) is 66.6 cm³/mol. The molecule has 94 valence electrons. The molecule has 1 aromatic rings. The molecule has 1 rings (SSSR count). The molecule has 0 aliphatic rings. The van der Waals surface area contributed by atoms with E-state index in [1.807, 2.05) is 0 Å². The molecule has 0 radical (unpaired) electrons. The van der Waals surface area contributed by atoms with Gasteiger partial charge < -0.3 is 15.2 Å². The number of hydrogen-bond acceptors (Lipinski definition) is 5. The van der Waals surface area contributed by atoms with E-state index >= 15 is 0 Å². The third-order valence-electron chi connectivity index (χ3n) is 1.99. The van der Waals surface area contributed by atoms with E-state index in [0.717, 1.165) is 3.79 Å². The maximum Gasteiger partial charge on any atom is 0.331 e. The van der Waals surface area contributed by atoms with Gasteiger partial charge in [-0.25, -0.2) is 4.79 Å². The van der Waals surface area contributed by atoms with Crippen molar-refractivity contribution >= 4 is 39.6 Å². The number of hydrogen-bond donors (Lipinski definition) is 2. The van der Waals surface area contributed by atoms with E-state index in [1.165, 1.54) is 11.3 Å². The number of halogens is 1. The lowest BCUT2D eigenvalue weighted by Crippen LogP contribution is -2.42. The van der Waals surface area contributed by atoms with Crippen LogP contribution < -0.4 is 5.32 Å². The SMILES string of the molecule is CCOC(=O)C(NC=O)C(O)c1ccc(Br)s1. The van der Waals surface area contributed by atoms with Crippen LogP contribution in [0, 0.1) is 0 Å². The summed E-state index contributed by atoms with van der Waals surface area (Å²) < 4.78 is 5.61. The van der Waals surface area contributed by atoms with Crippen molar-refractivity contribution in [3.8, 4) is 0 Å². The van der Waals surface area contributed by atoms with Crippen LogP contribution in [0.1, 0.15) is 17.9 Å². The first-order chi connectivity index (χ1) is 8.10. The molecule has 0 aromatic carbocycles. The summed E-state index contributed by atoms with van der Waals surface area (Å²) in [6, 6.07) is 2.35. The number of carbonyl (C=O) groups excluding carboxylic acids is 2. The highest BCUT2D eigenvalue weighted by Crippen LogP contribution is 2.29. The zero-order valence-corrected chi connectivity index (χ0v) is 11.5. The Morgan fingerprint density at radius 3 is 2.88 bits per heavy atom. The van der Waals surface area contributed by atoms with Gasteiger partial charge in [0.15, 0.2) is 6.04 Å². The van der Waals surface area contributed by atoms with Crippen molar-refractivity contribution in [3.63, 3.8) is 0 Å². The topological polar surface area (TPSA) is 75.6 Å². The quantitative estimate of drug-likeness (QED) is 0.610. The van der Waals surface area contributed by atoms with Crippen molar-refractivity contribution in [1.82, 2.24) is 5.32 Å². The fraction of sp³-hybridized carbons (Fsp3) is 0.400. The molecule has 0 bridgehead atoms. The van der Waals surface area contributed by atoms with Gasteiger partial charge in [0.05, 0.1) is 10.4 Å². The second-order valence-electron chi connectivity index (χ2n) is 3.10. The molecule has 2 N–H and O–H groups in total. The van der Waals surface area contributed by atoms with E-state index in [1.54, 1.807) is 19.1 Å². The maximum absolute atomic E-state index is 11.5. The molecule has 17 heavy (non-hydrogen) atoms. The average Bonchev–Trinajstić information content (AvgIpc) is 2.72. The number of ether oxygens (including phenoxy) is 1. The third kappa shape index (κ3) is 3.79. The van der Waals surface area contributed by atoms with E-state index in [2.05, 4.69) is 21.2 Å². The summed E-state index contributed by atoms with van der Waals surface area (Å²) in [5.74, 6) is -0.656. The Hall–Kier alpha value is -0.920. The second-order valence-corrected chi connectivity index (χ2v) is 5.60. The van der Waals surface area contributed by atoms with Crippen LogP contribution in [0.15, 0.2) is 15.9 Å². The molecule has 0 saturated carbocycles. The molecule has 5 nitrogen and oxygen atoms in total. The highest BCUT2D eigenvalue weighted by molar-refractivity contribution is 9.11. The van der Waals surface area contributed by atoms with Crippen molar-refractivity contribution in [2.45, 2.75) is 19.1 Å². The van der Waals surface area contributed by atoms with E-state index in [4.69, 9.17) is 4.74 Å². The van der Waals surface area contributed by atoms with Crippen LogP contribution in [0.2, 0.25) is 0 Å². The lowest BCUT2D eigenvalue weighted by Gasteiger charge is -2.19. The van der Waals surface area contributed by atoms with Gasteiger partial charge in [-0.1, -0.05) is 0 Å². The summed E-state index contributed by atoms with van der Waals surface area (Å²) in [6.45, 7) is 1.85. The van der Waals surface area contributed by atoms with E-state index < -0.39 is 18.1 Å². The third-order valence-corrected chi connectivity index (χ3v) is 3.68. The number of carbonyl (C=O) groups is 2. The number of esters is 1. The molecule has 2 unspecified atom stereocenters. The van der Waals surface area contributed by atoms with Crippen LogP contribution >= 0.6 is 27.3 Å². The number of aliphatic hydroxyl groups is 1. The summed E-state index contributed by atoms with van der Waals surface area (Å²) >= 11 is 4.55. The minimum absolute atomic E-state index is 0.191. The van der Waals surface area contributed by atoms with Gasteiger partial charge in [-0.05, 0) is 35.0 Å². The van der Waals surface area contributed by atoms with Crippen molar-refractivity contribution < 1.29 is 19.4 Å². The fourth-order valence-corrected chi connectivity index (χ4v) is 2.69. The highest BCUT2D eigenvalue weighted by Gasteiger charge is 2.29. The first kappa shape index (κ1) is 14.1. The predicted octanol–water partition coefficient (Wildman–Crippen LogP) is 1.22. The Bertz CT molecular complexity index is 395. The Kier molecular flexibility index (Phi) is 5.60. The van der Waals surface area contributed by atoms with Crippen molar-refractivity contribution in [2.24, 2.45) is 0 Å². The number of rotatable bonds is 6. The van der Waals surface area contributed by atoms with Crippen LogP contribution in [0.5, 0.6) is 0 Å². The van der Waals surface area contributed by atoms with Gasteiger partial charge in [0.1, 0.15) is 6.10 Å². The van der Waals surface area contributed by atoms with Crippen LogP contribution in [0.25, 0.3) is 0 Å². The largest absolute Gasteiger partial charge is 0.464 e. The molecule has 2 atom stereocenters. The lowest BCUT2D eigenvalue weighted by atomic mass is 10.1. The Morgan fingerprint density at radius 2 is 2.41 bits per heavy atom. The molecule has 1 heterocycles. The van der Waals surface area contributed by atoms with Gasteiger partial charge in [-0.15, -0.1) is 11.3 Å². The standard InChI is InChI=1S/C10H12BrNO4S/c1-2-16-10(15)8(12-5-13)9(14)6-3-4-7(11)17-6/h3-5,8-9,14H,2H2,1H3,(H,12,13). The molecular weight excluding hydrogens is 310 g/mol. The molecule has 7 heteroatoms. The van der Waals surface area contributed by atoms with Gasteiger partial charge in [0, 0.05) is 4.88 Å². The maximum atomic E-state index is 11.5. The number of thiophene rings is 1. The first-order valence-corrected chi connectivity index (χ1v) is 6.50. The summed E-state index contributed by atoms with van der Waals surface area (Å²) in [5.41, 5.74) is 0. The number of nitrogens with one attached hydrogen (secondary N) is 1. The van der Waals surface area contributed by atoms with Crippen molar-refractivity contribution in [1.29, 1.82) is 0 Å². The van der Waals surface area contributed by atoms with Gasteiger partial charge in [0.25, 0.3) is 0 Å². The van der Waals surface area contributed by atoms with Gasteiger partial charge in [0.2, 0.25) is 6.41 Å². The van der Waals surface area contributed by atoms with Crippen LogP contribution in [0.3, 0.4) is 0 Å². The van der Waals surface area contributed by atoms with E-state index in [0.29, 0.717) is 11.3 Å². The average molecular weight is 322 g/mol. The molecule has 1 aromatic heterocycles. The normalized spacial score (nSPS) is 13.8. The summed E-state index contributed by atoms with van der Waals surface area (Å²) in [4.78, 5) is 22.5. The molecule has 0 fully saturated rings. The molecule has 0 spiro atoms. The molecular formula is C10H12BrNO4S. The van der Waals surface area contributed by atoms with Crippen LogP contribution in [-0.2, 0) is 14.3 Å². The monoisotopic (exact) mass is 321 g/mol.